The van der Waals surface area contributed by atoms with E-state index in [2.05, 4.69) is 17.6 Å². The van der Waals surface area contributed by atoms with E-state index in [1.54, 1.807) is 21.0 Å². The number of ketones is 1. The Morgan fingerprint density at radius 1 is 1.11 bits per heavy atom. The maximum atomic E-state index is 14.1. The second-order valence-corrected chi connectivity index (χ2v) is 14.5. The van der Waals surface area contributed by atoms with Crippen molar-refractivity contribution < 1.29 is 43.2 Å². The number of fused-ring (bicyclic) bond motifs is 1. The number of esters is 2. The molecule has 0 bridgehead atoms. The highest BCUT2D eigenvalue weighted by Crippen LogP contribution is 2.41. The first-order valence-corrected chi connectivity index (χ1v) is 17.1. The summed E-state index contributed by atoms with van der Waals surface area (Å²) in [4.78, 5) is 42.3. The number of nitrogens with zero attached hydrogens (tertiary/aromatic N) is 1. The summed E-state index contributed by atoms with van der Waals surface area (Å²) in [6.45, 7) is 17.0. The van der Waals surface area contributed by atoms with Crippen LogP contribution in [0.2, 0.25) is 0 Å². The first-order valence-electron chi connectivity index (χ1n) is 17.1. The number of nitrogens with one attached hydrogen (secondary N) is 2. The van der Waals surface area contributed by atoms with Crippen molar-refractivity contribution >= 4 is 17.7 Å². The maximum absolute atomic E-state index is 14.1. The third kappa shape index (κ3) is 8.48. The number of likely N-dealkylation sites (N-methyl/N-ethyl adjacent to an activating group) is 2. The van der Waals surface area contributed by atoms with Gasteiger partial charge < -0.3 is 44.3 Å². The van der Waals surface area contributed by atoms with E-state index in [-0.39, 0.29) is 48.2 Å². The van der Waals surface area contributed by atoms with E-state index >= 15 is 0 Å². The lowest BCUT2D eigenvalue weighted by Crippen LogP contribution is -2.60. The lowest BCUT2D eigenvalue weighted by molar-refractivity contribution is -0.297. The van der Waals surface area contributed by atoms with Gasteiger partial charge in [0.05, 0.1) is 24.2 Å². The summed E-state index contributed by atoms with van der Waals surface area (Å²) >= 11 is 0. The van der Waals surface area contributed by atoms with Gasteiger partial charge in [-0.2, -0.15) is 0 Å². The highest BCUT2D eigenvalue weighted by Gasteiger charge is 2.55. The quantitative estimate of drug-likeness (QED) is 0.261. The van der Waals surface area contributed by atoms with Crippen molar-refractivity contribution in [2.45, 2.75) is 135 Å². The van der Waals surface area contributed by atoms with Crippen LogP contribution >= 0.6 is 0 Å². The van der Waals surface area contributed by atoms with E-state index in [1.165, 1.54) is 0 Å². The molecule has 0 aromatic rings. The SMILES string of the molecule is CCNCC1CC(N(C)C)C(O)C(O[C@@H]2[C@@H](C)C(=O)C(C)C(=O)O[C@H](CC)[C@@]3(C)OC(=O)C[C@@H]3[C@@H](C)NC[C@H](C)C[C@@]2(C)OC)O1. The zero-order valence-electron chi connectivity index (χ0n) is 30.0. The highest BCUT2D eigenvalue weighted by molar-refractivity contribution is 6.00. The Morgan fingerprint density at radius 2 is 1.78 bits per heavy atom. The van der Waals surface area contributed by atoms with E-state index in [0.29, 0.717) is 32.4 Å². The molecule has 12 heteroatoms. The van der Waals surface area contributed by atoms with Gasteiger partial charge in [-0.3, -0.25) is 14.4 Å². The molecule has 0 aromatic heterocycles. The molecule has 46 heavy (non-hydrogen) atoms. The Balaban J connectivity index is 2.02. The summed E-state index contributed by atoms with van der Waals surface area (Å²) in [7, 11) is 5.42. The topological polar surface area (TPSA) is 145 Å². The molecule has 0 aliphatic carbocycles. The third-order valence-electron chi connectivity index (χ3n) is 10.7. The monoisotopic (exact) mass is 655 g/mol. The largest absolute Gasteiger partial charge is 0.458 e. The number of hydrogen-bond donors (Lipinski definition) is 3. The number of ether oxygens (including phenoxy) is 5. The first kappa shape index (κ1) is 38.8. The van der Waals surface area contributed by atoms with Crippen molar-refractivity contribution in [3.8, 4) is 0 Å². The second-order valence-electron chi connectivity index (χ2n) is 14.5. The van der Waals surface area contributed by atoms with Gasteiger partial charge in [0.1, 0.15) is 18.1 Å². The van der Waals surface area contributed by atoms with Gasteiger partial charge in [0, 0.05) is 37.6 Å². The van der Waals surface area contributed by atoms with Crippen molar-refractivity contribution in [1.29, 1.82) is 0 Å². The number of aliphatic hydroxyl groups excluding tert-OH is 1. The van der Waals surface area contributed by atoms with Crippen molar-refractivity contribution in [3.63, 3.8) is 0 Å². The van der Waals surface area contributed by atoms with Crippen LogP contribution in [0.4, 0.5) is 0 Å². The number of cyclic esters (lactones) is 1. The summed E-state index contributed by atoms with van der Waals surface area (Å²) < 4.78 is 31.1. The maximum Gasteiger partial charge on any atom is 0.316 e. The van der Waals surface area contributed by atoms with Gasteiger partial charge in [-0.15, -0.1) is 0 Å². The molecule has 5 unspecified atom stereocenters. The number of rotatable bonds is 8. The molecule has 3 fully saturated rings. The Kier molecular flexibility index (Phi) is 13.6. The minimum Gasteiger partial charge on any atom is -0.458 e. The van der Waals surface area contributed by atoms with E-state index in [4.69, 9.17) is 23.7 Å². The molecule has 3 aliphatic rings. The molecule has 3 rings (SSSR count). The van der Waals surface area contributed by atoms with Gasteiger partial charge in [-0.05, 0) is 80.1 Å². The molecule has 0 saturated carbocycles. The second kappa shape index (κ2) is 16.2. The van der Waals surface area contributed by atoms with Crippen LogP contribution in [0.1, 0.15) is 81.1 Å². The minimum atomic E-state index is -1.12. The lowest BCUT2D eigenvalue weighted by atomic mass is 9.78. The van der Waals surface area contributed by atoms with Crippen LogP contribution in [0, 0.1) is 23.7 Å². The standard InChI is InChI=1S/C34H61N3O9/c1-12-26-34(8)24(15-27(38)46-34)22(6)36-17-19(3)16-33(7,42-11)30(20(4)28(39)21(5)31(41)44-26)45-32-29(40)25(37(9)10)14-23(43-32)18-35-13-2/h19-26,29-30,32,35-36,40H,12-18H2,1-11H3/t19-,20+,21?,22-,23?,24-,25?,26-,29?,30-,32?,33-,34+/m1/s1. The number of aliphatic hydroxyl groups is 1. The van der Waals surface area contributed by atoms with Gasteiger partial charge in [0.15, 0.2) is 17.7 Å². The first-order chi connectivity index (χ1) is 21.5. The van der Waals surface area contributed by atoms with E-state index in [1.807, 2.05) is 53.6 Å². The molecule has 12 nitrogen and oxygen atoms in total. The van der Waals surface area contributed by atoms with E-state index in [9.17, 15) is 19.5 Å². The van der Waals surface area contributed by atoms with Crippen molar-refractivity contribution in [2.24, 2.45) is 23.7 Å². The molecule has 0 spiro atoms. The Morgan fingerprint density at radius 3 is 2.37 bits per heavy atom. The van der Waals surface area contributed by atoms with Crippen molar-refractivity contribution in [2.75, 3.05) is 40.8 Å². The molecular formula is C34H61N3O9. The molecule has 3 heterocycles. The van der Waals surface area contributed by atoms with Crippen LogP contribution in [-0.4, -0.2) is 123 Å². The lowest BCUT2D eigenvalue weighted by Gasteiger charge is -2.47. The third-order valence-corrected chi connectivity index (χ3v) is 10.7. The zero-order chi connectivity index (χ0) is 34.6. The smallest absolute Gasteiger partial charge is 0.316 e. The molecule has 3 aliphatic heterocycles. The van der Waals surface area contributed by atoms with Crippen LogP contribution in [-0.2, 0) is 38.1 Å². The Labute approximate surface area is 275 Å². The van der Waals surface area contributed by atoms with Gasteiger partial charge in [-0.25, -0.2) is 0 Å². The Hall–Kier alpha value is -1.67. The molecule has 0 amide bonds. The molecule has 266 valence electrons. The van der Waals surface area contributed by atoms with E-state index < -0.39 is 53.6 Å². The van der Waals surface area contributed by atoms with Crippen LogP contribution in [0.3, 0.4) is 0 Å². The number of methoxy groups -OCH3 is 1. The fourth-order valence-electron chi connectivity index (χ4n) is 7.76. The number of carbonyl (C=O) groups is 3. The molecule has 13 atom stereocenters. The fourth-order valence-corrected chi connectivity index (χ4v) is 7.76. The number of hydrogen-bond acceptors (Lipinski definition) is 12. The summed E-state index contributed by atoms with van der Waals surface area (Å²) in [5.74, 6) is -3.51. The van der Waals surface area contributed by atoms with Crippen LogP contribution < -0.4 is 10.6 Å². The van der Waals surface area contributed by atoms with Crippen LogP contribution in [0.15, 0.2) is 0 Å². The van der Waals surface area contributed by atoms with Crippen LogP contribution in [0.5, 0.6) is 0 Å². The Bertz CT molecular complexity index is 1050. The van der Waals surface area contributed by atoms with Crippen molar-refractivity contribution in [1.82, 2.24) is 15.5 Å². The van der Waals surface area contributed by atoms with E-state index in [0.717, 1.165) is 6.54 Å². The fraction of sp³-hybridized carbons (Fsp3) is 0.912. The number of Topliss-reactive ketones (excluding diaryl/α,β-unsaturated/α-hetero) is 1. The summed E-state index contributed by atoms with van der Waals surface area (Å²) in [6, 6.07) is -0.359. The zero-order valence-corrected chi connectivity index (χ0v) is 30.0. The van der Waals surface area contributed by atoms with Gasteiger partial charge in [0.2, 0.25) is 0 Å². The minimum absolute atomic E-state index is 0.0562. The van der Waals surface area contributed by atoms with Gasteiger partial charge >= 0.3 is 11.9 Å². The highest BCUT2D eigenvalue weighted by atomic mass is 16.7. The van der Waals surface area contributed by atoms with Crippen LogP contribution in [0.25, 0.3) is 0 Å². The molecule has 0 aromatic carbocycles. The predicted molar refractivity (Wildman–Crippen MR) is 173 cm³/mol. The molecule has 3 saturated heterocycles. The normalized spacial score (nSPS) is 43.4. The average molecular weight is 656 g/mol. The summed E-state index contributed by atoms with van der Waals surface area (Å²) in [6.07, 6.45) is -2.10. The predicted octanol–water partition coefficient (Wildman–Crippen LogP) is 2.30. The average Bonchev–Trinajstić information content (AvgIpc) is 3.33. The van der Waals surface area contributed by atoms with Crippen molar-refractivity contribution in [3.05, 3.63) is 0 Å². The van der Waals surface area contributed by atoms with Gasteiger partial charge in [-0.1, -0.05) is 27.7 Å². The molecular weight excluding hydrogens is 594 g/mol. The molecule has 3 N–H and O–H groups in total. The number of carbonyl (C=O) groups excluding carboxylic acids is 3. The van der Waals surface area contributed by atoms with Gasteiger partial charge in [0.25, 0.3) is 0 Å². The molecule has 0 radical (unpaired) electrons. The summed E-state index contributed by atoms with van der Waals surface area (Å²) in [5, 5.41) is 18.4. The summed E-state index contributed by atoms with van der Waals surface area (Å²) in [5.41, 5.74) is -2.04.